The molecule has 0 radical (unpaired) electrons. The van der Waals surface area contributed by atoms with Crippen LogP contribution < -0.4 is 10.9 Å². The molecule has 1 N–H and O–H groups in total. The van der Waals surface area contributed by atoms with Gasteiger partial charge in [-0.25, -0.2) is 4.98 Å². The van der Waals surface area contributed by atoms with Crippen molar-refractivity contribution in [2.75, 3.05) is 19.6 Å². The molecule has 1 amide bonds. The Balaban J connectivity index is 1.52. The van der Waals surface area contributed by atoms with E-state index < -0.39 is 0 Å². The SMILES string of the molecule is Cc1cc2nc3sc(C(=O)NCCC(C)N4CCCC4)cc(=O)n3c2cc1C. The van der Waals surface area contributed by atoms with Gasteiger partial charge in [0.1, 0.15) is 4.88 Å². The lowest BCUT2D eigenvalue weighted by Gasteiger charge is -2.23. The molecule has 4 rings (SSSR count). The van der Waals surface area contributed by atoms with Gasteiger partial charge in [-0.05, 0) is 76.4 Å². The molecule has 1 fully saturated rings. The molecule has 1 atom stereocenters. The molecule has 0 bridgehead atoms. The fourth-order valence-corrected chi connectivity index (χ4v) is 4.80. The highest BCUT2D eigenvalue weighted by Crippen LogP contribution is 2.22. The van der Waals surface area contributed by atoms with Crippen LogP contribution in [-0.2, 0) is 0 Å². The number of aryl methyl sites for hydroxylation is 2. The quantitative estimate of drug-likeness (QED) is 0.717. The van der Waals surface area contributed by atoms with Crippen LogP contribution in [-0.4, -0.2) is 45.9 Å². The van der Waals surface area contributed by atoms with E-state index in [1.807, 2.05) is 26.0 Å². The summed E-state index contributed by atoms with van der Waals surface area (Å²) in [4.78, 5) is 33.3. The van der Waals surface area contributed by atoms with Gasteiger partial charge in [0.15, 0.2) is 4.96 Å². The van der Waals surface area contributed by atoms with Crippen LogP contribution >= 0.6 is 11.3 Å². The molecule has 1 aromatic carbocycles. The van der Waals surface area contributed by atoms with Crippen LogP contribution in [0.2, 0.25) is 0 Å². The molecular formula is C21H26N4O2S. The Hall–Kier alpha value is -2.25. The molecule has 1 unspecified atom stereocenters. The van der Waals surface area contributed by atoms with Crippen LogP contribution in [0.4, 0.5) is 0 Å². The summed E-state index contributed by atoms with van der Waals surface area (Å²) in [6.45, 7) is 9.17. The maximum atomic E-state index is 12.7. The highest BCUT2D eigenvalue weighted by atomic mass is 32.1. The summed E-state index contributed by atoms with van der Waals surface area (Å²) in [7, 11) is 0. The van der Waals surface area contributed by atoms with Gasteiger partial charge in [0.2, 0.25) is 0 Å². The normalized spacial score (nSPS) is 16.1. The predicted octanol–water partition coefficient (Wildman–Crippen LogP) is 3.13. The second-order valence-electron chi connectivity index (χ2n) is 7.74. The van der Waals surface area contributed by atoms with E-state index in [0.717, 1.165) is 41.7 Å². The minimum atomic E-state index is -0.213. The Morgan fingerprint density at radius 1 is 1.21 bits per heavy atom. The van der Waals surface area contributed by atoms with Crippen molar-refractivity contribution in [3.05, 3.63) is 44.6 Å². The van der Waals surface area contributed by atoms with Crippen molar-refractivity contribution in [1.82, 2.24) is 19.6 Å². The highest BCUT2D eigenvalue weighted by Gasteiger charge is 2.19. The summed E-state index contributed by atoms with van der Waals surface area (Å²) >= 11 is 1.26. The molecule has 1 aliphatic heterocycles. The smallest absolute Gasteiger partial charge is 0.261 e. The lowest BCUT2D eigenvalue weighted by molar-refractivity contribution is 0.0953. The summed E-state index contributed by atoms with van der Waals surface area (Å²) in [5.74, 6) is -0.197. The maximum absolute atomic E-state index is 12.7. The van der Waals surface area contributed by atoms with E-state index in [1.165, 1.54) is 30.2 Å². The number of nitrogens with zero attached hydrogens (tertiary/aromatic N) is 3. The van der Waals surface area contributed by atoms with Crippen LogP contribution in [0.5, 0.6) is 0 Å². The molecule has 6 nitrogen and oxygen atoms in total. The predicted molar refractivity (Wildman–Crippen MR) is 114 cm³/mol. The average Bonchev–Trinajstić information content (AvgIpc) is 3.30. The minimum Gasteiger partial charge on any atom is -0.351 e. The van der Waals surface area contributed by atoms with Gasteiger partial charge in [0, 0.05) is 18.7 Å². The van der Waals surface area contributed by atoms with Crippen molar-refractivity contribution in [3.8, 4) is 0 Å². The number of fused-ring (bicyclic) bond motifs is 3. The number of likely N-dealkylation sites (tertiary alicyclic amines) is 1. The summed E-state index contributed by atoms with van der Waals surface area (Å²) in [6, 6.07) is 5.86. The van der Waals surface area contributed by atoms with Crippen LogP contribution in [0.25, 0.3) is 16.0 Å². The van der Waals surface area contributed by atoms with E-state index in [1.54, 1.807) is 4.40 Å². The third kappa shape index (κ3) is 3.56. The van der Waals surface area contributed by atoms with Crippen molar-refractivity contribution in [2.24, 2.45) is 0 Å². The molecule has 0 aliphatic carbocycles. The van der Waals surface area contributed by atoms with Gasteiger partial charge in [-0.3, -0.25) is 14.0 Å². The Labute approximate surface area is 168 Å². The van der Waals surface area contributed by atoms with Gasteiger partial charge in [-0.1, -0.05) is 11.3 Å². The number of hydrogen-bond donors (Lipinski definition) is 1. The molecular weight excluding hydrogens is 372 g/mol. The van der Waals surface area contributed by atoms with Crippen LogP contribution in [0, 0.1) is 13.8 Å². The van der Waals surface area contributed by atoms with Gasteiger partial charge in [-0.2, -0.15) is 0 Å². The third-order valence-corrected chi connectivity index (χ3v) is 6.73. The number of aromatic nitrogens is 2. The monoisotopic (exact) mass is 398 g/mol. The maximum Gasteiger partial charge on any atom is 0.261 e. The second-order valence-corrected chi connectivity index (χ2v) is 8.75. The molecule has 28 heavy (non-hydrogen) atoms. The summed E-state index contributed by atoms with van der Waals surface area (Å²) in [5, 5.41) is 2.97. The molecule has 3 heterocycles. The lowest BCUT2D eigenvalue weighted by Crippen LogP contribution is -2.34. The zero-order valence-corrected chi connectivity index (χ0v) is 17.4. The number of amides is 1. The van der Waals surface area contributed by atoms with Crippen LogP contribution in [0.3, 0.4) is 0 Å². The van der Waals surface area contributed by atoms with Crippen molar-refractivity contribution < 1.29 is 4.79 Å². The molecule has 1 saturated heterocycles. The van der Waals surface area contributed by atoms with Crippen molar-refractivity contribution in [3.63, 3.8) is 0 Å². The summed E-state index contributed by atoms with van der Waals surface area (Å²) in [5.41, 5.74) is 3.63. The van der Waals surface area contributed by atoms with E-state index in [2.05, 4.69) is 22.1 Å². The van der Waals surface area contributed by atoms with E-state index in [-0.39, 0.29) is 11.5 Å². The van der Waals surface area contributed by atoms with Gasteiger partial charge in [-0.15, -0.1) is 0 Å². The van der Waals surface area contributed by atoms with Gasteiger partial charge in [0.05, 0.1) is 11.0 Å². The van der Waals surface area contributed by atoms with Gasteiger partial charge >= 0.3 is 0 Å². The molecule has 2 aromatic heterocycles. The number of benzene rings is 1. The lowest BCUT2D eigenvalue weighted by atomic mass is 10.1. The second kappa shape index (κ2) is 7.64. The number of imidazole rings is 1. The molecule has 0 saturated carbocycles. The van der Waals surface area contributed by atoms with E-state index in [9.17, 15) is 9.59 Å². The van der Waals surface area contributed by atoms with Crippen molar-refractivity contribution in [1.29, 1.82) is 0 Å². The van der Waals surface area contributed by atoms with Crippen molar-refractivity contribution >= 4 is 33.2 Å². The Morgan fingerprint density at radius 2 is 1.93 bits per heavy atom. The largest absolute Gasteiger partial charge is 0.351 e. The van der Waals surface area contributed by atoms with Crippen molar-refractivity contribution in [2.45, 2.75) is 46.1 Å². The Kier molecular flexibility index (Phi) is 5.21. The van der Waals surface area contributed by atoms with E-state index in [0.29, 0.717) is 22.4 Å². The third-order valence-electron chi connectivity index (χ3n) is 5.75. The fourth-order valence-electron chi connectivity index (χ4n) is 3.85. The first-order chi connectivity index (χ1) is 13.4. The van der Waals surface area contributed by atoms with Crippen LogP contribution in [0.15, 0.2) is 23.0 Å². The van der Waals surface area contributed by atoms with Gasteiger partial charge < -0.3 is 10.2 Å². The van der Waals surface area contributed by atoms with E-state index in [4.69, 9.17) is 0 Å². The topological polar surface area (TPSA) is 66.7 Å². The van der Waals surface area contributed by atoms with Gasteiger partial charge in [0.25, 0.3) is 11.5 Å². The minimum absolute atomic E-state index is 0.197. The molecule has 148 valence electrons. The zero-order valence-electron chi connectivity index (χ0n) is 16.6. The first-order valence-corrected chi connectivity index (χ1v) is 10.7. The number of carbonyl (C=O) groups is 1. The highest BCUT2D eigenvalue weighted by molar-refractivity contribution is 7.18. The first kappa shape index (κ1) is 19.1. The van der Waals surface area contributed by atoms with Crippen LogP contribution in [0.1, 0.15) is 47.0 Å². The number of carbonyl (C=O) groups excluding carboxylic acids is 1. The average molecular weight is 399 g/mol. The van der Waals surface area contributed by atoms with E-state index >= 15 is 0 Å². The standard InChI is InChI=1S/C21H26N4O2S/c1-13-10-16-17(11-14(13)2)25-19(26)12-18(28-21(25)23-16)20(27)22-7-6-15(3)24-8-4-5-9-24/h10-12,15H,4-9H2,1-3H3,(H,22,27). The number of hydrogen-bond acceptors (Lipinski definition) is 5. The molecule has 3 aromatic rings. The summed E-state index contributed by atoms with van der Waals surface area (Å²) in [6.07, 6.45) is 3.44. The number of nitrogens with one attached hydrogen (secondary N) is 1. The molecule has 0 spiro atoms. The fraction of sp³-hybridized carbons (Fsp3) is 0.476. The summed E-state index contributed by atoms with van der Waals surface area (Å²) < 4.78 is 1.60. The molecule has 7 heteroatoms. The zero-order chi connectivity index (χ0) is 19.8. The Morgan fingerprint density at radius 3 is 2.68 bits per heavy atom. The molecule has 1 aliphatic rings. The number of rotatable bonds is 5. The Bertz CT molecular complexity index is 1100. The first-order valence-electron chi connectivity index (χ1n) is 9.90.